The van der Waals surface area contributed by atoms with Crippen LogP contribution in [0.5, 0.6) is 0 Å². The summed E-state index contributed by atoms with van der Waals surface area (Å²) < 4.78 is 35.0. The predicted octanol–water partition coefficient (Wildman–Crippen LogP) is 6.62. The molecule has 302 valence electrons. The Balaban J connectivity index is 0.000000378. The molecule has 3 heterocycles. The average Bonchev–Trinajstić information content (AvgIpc) is 3.63. The molecule has 7 rings (SSSR count). The number of nitrogens with one attached hydrogen (secondary N) is 3. The van der Waals surface area contributed by atoms with E-state index in [0.29, 0.717) is 47.2 Å². The van der Waals surface area contributed by atoms with E-state index in [-0.39, 0.29) is 36.3 Å². The zero-order valence-electron chi connectivity index (χ0n) is 32.3. The van der Waals surface area contributed by atoms with Crippen LogP contribution in [0.4, 0.5) is 25.0 Å². The summed E-state index contributed by atoms with van der Waals surface area (Å²) in [5.74, 6) is -0.679. The second kappa shape index (κ2) is 21.6. The van der Waals surface area contributed by atoms with E-state index in [1.165, 1.54) is 35.3 Å². The number of aryl methyl sites for hydroxylation is 1. The molecule has 0 spiro atoms. The van der Waals surface area contributed by atoms with E-state index in [2.05, 4.69) is 33.7 Å². The first-order valence-electron chi connectivity index (χ1n) is 18.7. The van der Waals surface area contributed by atoms with Gasteiger partial charge in [-0.1, -0.05) is 57.2 Å². The largest absolute Gasteiger partial charge is 0.480 e. The summed E-state index contributed by atoms with van der Waals surface area (Å²) in [6, 6.07) is 17.7. The number of nitrogens with zero attached hydrogens (tertiary/aromatic N) is 5. The third-order valence-corrected chi connectivity index (χ3v) is 8.92. The third kappa shape index (κ3) is 12.5. The number of carbonyl (C=O) groups is 3. The van der Waals surface area contributed by atoms with Gasteiger partial charge in [-0.25, -0.2) is 23.2 Å². The van der Waals surface area contributed by atoms with Crippen LogP contribution >= 0.6 is 0 Å². The number of hydrogen-bond donors (Lipinski definition) is 4. The van der Waals surface area contributed by atoms with Gasteiger partial charge >= 0.3 is 12.1 Å². The lowest BCUT2D eigenvalue weighted by Gasteiger charge is -2.26. The van der Waals surface area contributed by atoms with Crippen LogP contribution in [0.1, 0.15) is 69.5 Å². The fourth-order valence-electron chi connectivity index (χ4n) is 6.16. The van der Waals surface area contributed by atoms with E-state index in [1.807, 2.05) is 37.4 Å². The molecule has 4 N–H and O–H groups in total. The topological polar surface area (TPSA) is 182 Å². The van der Waals surface area contributed by atoms with Gasteiger partial charge < -0.3 is 20.5 Å². The number of hydrogen-bond acceptors (Lipinski definition) is 9. The standard InChI is InChI=1S/C30H32FN7O3.C6H5F.C3H5NO3.C2H6/c1-18-5-3-4-6-22(12-7-18)41-30(40)35-21-10-8-19(9-11-21)16-38-29(39)23-13-20(31)14-25-26(23)27(36-38)24(15-32-25)28-33-17-34-37(28)2;7-6-4-2-1-3-5-6;5-2-4-1-3(6)7;1-2/h4,6,8-11,13-14,17-18,22,24,32H,3,5,7,12,15-16H2,1-2H3,(H,35,40);1-5H;2H,1H2,(H,4,5)(H,6,7);1-2H3/b6-4+;;;/t18?,22-,24?;;;/m0.../s1. The van der Waals surface area contributed by atoms with Gasteiger partial charge in [0.2, 0.25) is 6.41 Å². The fourth-order valence-corrected chi connectivity index (χ4v) is 6.16. The van der Waals surface area contributed by atoms with Crippen LogP contribution in [0, 0.1) is 17.6 Å². The molecular formula is C41H48F2N8O6. The molecule has 57 heavy (non-hydrogen) atoms. The van der Waals surface area contributed by atoms with Crippen molar-refractivity contribution in [2.24, 2.45) is 13.0 Å². The van der Waals surface area contributed by atoms with Crippen molar-refractivity contribution in [3.63, 3.8) is 0 Å². The lowest BCUT2D eigenvalue weighted by molar-refractivity contribution is -0.136. The number of carboxylic acid groups (broad SMARTS) is 1. The Bertz CT molecular complexity index is 2180. The van der Waals surface area contributed by atoms with E-state index in [1.54, 1.807) is 42.1 Å². The van der Waals surface area contributed by atoms with Crippen LogP contribution in [0.25, 0.3) is 10.8 Å². The van der Waals surface area contributed by atoms with Crippen LogP contribution in [0.3, 0.4) is 0 Å². The van der Waals surface area contributed by atoms with Gasteiger partial charge in [-0.2, -0.15) is 10.2 Å². The number of anilines is 2. The monoisotopic (exact) mass is 786 g/mol. The highest BCUT2D eigenvalue weighted by Gasteiger charge is 2.30. The molecule has 1 aliphatic carbocycles. The van der Waals surface area contributed by atoms with Gasteiger partial charge in [0, 0.05) is 30.4 Å². The van der Waals surface area contributed by atoms with Crippen molar-refractivity contribution in [3.8, 4) is 0 Å². The molecule has 16 heteroatoms. The molecule has 3 atom stereocenters. The van der Waals surface area contributed by atoms with E-state index in [9.17, 15) is 28.0 Å². The first kappa shape index (κ1) is 43.3. The normalized spacial score (nSPS) is 17.2. The number of carboxylic acids is 1. The van der Waals surface area contributed by atoms with Gasteiger partial charge in [0.05, 0.1) is 23.5 Å². The zero-order valence-corrected chi connectivity index (χ0v) is 32.3. The number of allylic oxidation sites excluding steroid dienone is 1. The lowest BCUT2D eigenvalue weighted by atomic mass is 9.94. The minimum absolute atomic E-state index is 0.169. The first-order chi connectivity index (χ1) is 27.5. The highest BCUT2D eigenvalue weighted by Crippen LogP contribution is 2.36. The Hall–Kier alpha value is -6.45. The van der Waals surface area contributed by atoms with E-state index in [4.69, 9.17) is 14.9 Å². The highest BCUT2D eigenvalue weighted by molar-refractivity contribution is 5.97. The zero-order chi connectivity index (χ0) is 41.3. The SMILES string of the molecule is CC.CC1CC/C=C/[C@H](OC(=O)Nc2ccc(Cn3nc4c5c(cc(F)cc5c3=O)NCC4c3ncnn3C)cc2)CC1.Fc1ccccc1.O=CNCC(=O)O. The van der Waals surface area contributed by atoms with Gasteiger partial charge in [0.25, 0.3) is 5.56 Å². The van der Waals surface area contributed by atoms with Gasteiger partial charge in [0.1, 0.15) is 36.4 Å². The van der Waals surface area contributed by atoms with Crippen molar-refractivity contribution >= 4 is 40.6 Å². The number of benzene rings is 3. The van der Waals surface area contributed by atoms with Crippen molar-refractivity contribution in [2.75, 3.05) is 23.7 Å². The highest BCUT2D eigenvalue weighted by atomic mass is 19.1. The molecule has 0 fully saturated rings. The van der Waals surface area contributed by atoms with Crippen LogP contribution in [0.15, 0.2) is 90.0 Å². The number of amides is 2. The first-order valence-corrected chi connectivity index (χ1v) is 18.7. The molecule has 0 saturated carbocycles. The molecule has 14 nitrogen and oxygen atoms in total. The van der Waals surface area contributed by atoms with E-state index >= 15 is 0 Å². The molecule has 0 radical (unpaired) electrons. The molecule has 2 amide bonds. The molecule has 0 bridgehead atoms. The summed E-state index contributed by atoms with van der Waals surface area (Å²) in [7, 11) is 1.80. The average molecular weight is 787 g/mol. The van der Waals surface area contributed by atoms with Gasteiger partial charge in [-0.3, -0.25) is 24.4 Å². The van der Waals surface area contributed by atoms with Gasteiger partial charge in [-0.05, 0) is 79.6 Å². The van der Waals surface area contributed by atoms with Gasteiger partial charge in [-0.15, -0.1) is 0 Å². The summed E-state index contributed by atoms with van der Waals surface area (Å²) in [4.78, 5) is 49.2. The minimum atomic E-state index is -1.04. The van der Waals surface area contributed by atoms with Crippen molar-refractivity contribution in [1.82, 2.24) is 29.9 Å². The quantitative estimate of drug-likeness (QED) is 0.0986. The second-order valence-corrected chi connectivity index (χ2v) is 13.0. The molecule has 2 aromatic heterocycles. The number of ether oxygens (including phenoxy) is 1. The van der Waals surface area contributed by atoms with Crippen LogP contribution in [-0.2, 0) is 27.9 Å². The van der Waals surface area contributed by atoms with Crippen LogP contribution in [-0.4, -0.2) is 67.3 Å². The van der Waals surface area contributed by atoms with Crippen LogP contribution < -0.4 is 21.5 Å². The summed E-state index contributed by atoms with van der Waals surface area (Å²) in [6.45, 7) is 6.53. The van der Waals surface area contributed by atoms with Crippen molar-refractivity contribution in [3.05, 3.63) is 124 Å². The molecule has 1 aliphatic heterocycles. The number of rotatable bonds is 8. The summed E-state index contributed by atoms with van der Waals surface area (Å²) >= 11 is 0. The van der Waals surface area contributed by atoms with E-state index in [0.717, 1.165) is 31.2 Å². The smallest absolute Gasteiger partial charge is 0.412 e. The Morgan fingerprint density at radius 2 is 1.77 bits per heavy atom. The Labute approximate surface area is 329 Å². The Morgan fingerprint density at radius 3 is 2.39 bits per heavy atom. The number of aliphatic carboxylic acids is 1. The molecule has 0 saturated heterocycles. The Morgan fingerprint density at radius 1 is 1.04 bits per heavy atom. The summed E-state index contributed by atoms with van der Waals surface area (Å²) in [5, 5.41) is 25.6. The van der Waals surface area contributed by atoms with Crippen molar-refractivity contribution in [2.45, 2.75) is 65.0 Å². The summed E-state index contributed by atoms with van der Waals surface area (Å²) in [6.07, 6.45) is 9.09. The lowest BCUT2D eigenvalue weighted by Crippen LogP contribution is -2.31. The molecule has 3 aromatic carbocycles. The Kier molecular flexibility index (Phi) is 16.4. The fraction of sp³-hybridized carbons (Fsp3) is 0.341. The predicted molar refractivity (Wildman–Crippen MR) is 213 cm³/mol. The maximum Gasteiger partial charge on any atom is 0.412 e. The summed E-state index contributed by atoms with van der Waals surface area (Å²) in [5.41, 5.74) is 2.16. The molecule has 5 aromatic rings. The molecular weight excluding hydrogens is 738 g/mol. The maximum atomic E-state index is 14.5. The van der Waals surface area contributed by atoms with E-state index < -0.39 is 23.4 Å². The number of aromatic nitrogens is 5. The van der Waals surface area contributed by atoms with Gasteiger partial charge in [0.15, 0.2) is 0 Å². The molecule has 2 aliphatic rings. The number of halogens is 2. The van der Waals surface area contributed by atoms with Crippen molar-refractivity contribution in [1.29, 1.82) is 0 Å². The second-order valence-electron chi connectivity index (χ2n) is 13.0. The number of carbonyl (C=O) groups excluding carboxylic acids is 2. The maximum absolute atomic E-state index is 14.5. The molecule has 2 unspecified atom stereocenters. The minimum Gasteiger partial charge on any atom is -0.480 e. The van der Waals surface area contributed by atoms with Crippen LogP contribution in [0.2, 0.25) is 0 Å². The third-order valence-electron chi connectivity index (χ3n) is 8.92. The van der Waals surface area contributed by atoms with Crippen molar-refractivity contribution < 1.29 is 33.0 Å².